The van der Waals surface area contributed by atoms with Crippen LogP contribution in [0.25, 0.3) is 10.1 Å². The third-order valence-electron chi connectivity index (χ3n) is 4.33. The molecule has 3 rings (SSSR count). The van der Waals surface area contributed by atoms with Crippen LogP contribution in [0.2, 0.25) is 0 Å². The summed E-state index contributed by atoms with van der Waals surface area (Å²) >= 11 is 1.53. The maximum atomic E-state index is 12.6. The Labute approximate surface area is 184 Å². The van der Waals surface area contributed by atoms with Crippen LogP contribution in [-0.2, 0) is 36.3 Å². The Morgan fingerprint density at radius 2 is 1.65 bits per heavy atom. The molecular formula is C19H21N3O6S3. The predicted molar refractivity (Wildman–Crippen MR) is 118 cm³/mol. The van der Waals surface area contributed by atoms with Gasteiger partial charge in [0.2, 0.25) is 20.0 Å². The minimum Gasteiger partial charge on any atom is -0.289 e. The van der Waals surface area contributed by atoms with Crippen LogP contribution < -0.4 is 14.9 Å². The fourth-order valence-electron chi connectivity index (χ4n) is 2.90. The number of nitrogens with one attached hydrogen (secondary N) is 3. The lowest BCUT2D eigenvalue weighted by Crippen LogP contribution is -2.52. The highest BCUT2D eigenvalue weighted by Gasteiger charge is 2.26. The second-order valence-electron chi connectivity index (χ2n) is 6.79. The van der Waals surface area contributed by atoms with Crippen LogP contribution in [0.15, 0.2) is 60.0 Å². The van der Waals surface area contributed by atoms with Gasteiger partial charge in [0.05, 0.1) is 11.5 Å². The molecule has 3 aromatic rings. The van der Waals surface area contributed by atoms with Gasteiger partial charge in [-0.05, 0) is 40.1 Å². The highest BCUT2D eigenvalue weighted by atomic mass is 32.2. The van der Waals surface area contributed by atoms with E-state index in [1.54, 1.807) is 48.5 Å². The summed E-state index contributed by atoms with van der Waals surface area (Å²) in [6.07, 6.45) is 0. The second kappa shape index (κ2) is 9.85. The van der Waals surface area contributed by atoms with Gasteiger partial charge < -0.3 is 0 Å². The van der Waals surface area contributed by atoms with Crippen molar-refractivity contribution in [3.63, 3.8) is 0 Å². The number of amides is 1. The van der Waals surface area contributed by atoms with Crippen molar-refractivity contribution >= 4 is 47.4 Å². The summed E-state index contributed by atoms with van der Waals surface area (Å²) in [4.78, 5) is 11.9. The number of rotatable bonds is 10. The SMILES string of the molecule is O=C(NO)C(CNS(=O)(=O)Cc1ccccc1)NS(=O)(=O)Cc1ccc2sccc2c1. The molecule has 1 amide bonds. The number of carbonyl (C=O) groups excluding carboxylic acids is 1. The van der Waals surface area contributed by atoms with E-state index >= 15 is 0 Å². The van der Waals surface area contributed by atoms with Crippen LogP contribution >= 0.6 is 11.3 Å². The van der Waals surface area contributed by atoms with Crippen molar-refractivity contribution in [2.75, 3.05) is 6.54 Å². The first-order valence-corrected chi connectivity index (χ1v) is 13.3. The highest BCUT2D eigenvalue weighted by molar-refractivity contribution is 7.89. The molecule has 0 fully saturated rings. The zero-order chi connectivity index (χ0) is 22.5. The fourth-order valence-corrected chi connectivity index (χ4v) is 6.15. The van der Waals surface area contributed by atoms with Gasteiger partial charge in [-0.15, -0.1) is 11.3 Å². The van der Waals surface area contributed by atoms with Crippen molar-refractivity contribution < 1.29 is 26.8 Å². The number of carbonyl (C=O) groups is 1. The molecule has 4 N–H and O–H groups in total. The van der Waals surface area contributed by atoms with E-state index in [4.69, 9.17) is 5.21 Å². The van der Waals surface area contributed by atoms with Crippen LogP contribution in [0.1, 0.15) is 11.1 Å². The number of sulfonamides is 2. The normalized spacial score (nSPS) is 13.2. The first-order chi connectivity index (χ1) is 14.7. The first-order valence-electron chi connectivity index (χ1n) is 9.09. The highest BCUT2D eigenvalue weighted by Crippen LogP contribution is 2.22. The number of hydrogen-bond donors (Lipinski definition) is 4. The molecule has 0 saturated heterocycles. The second-order valence-corrected chi connectivity index (χ2v) is 11.3. The van der Waals surface area contributed by atoms with E-state index < -0.39 is 44.3 Å². The summed E-state index contributed by atoms with van der Waals surface area (Å²) in [5, 5.41) is 11.7. The Bertz CT molecular complexity index is 1260. The van der Waals surface area contributed by atoms with Crippen molar-refractivity contribution in [2.45, 2.75) is 17.5 Å². The van der Waals surface area contributed by atoms with Crippen molar-refractivity contribution in [3.05, 3.63) is 71.1 Å². The van der Waals surface area contributed by atoms with Gasteiger partial charge in [-0.25, -0.2) is 31.8 Å². The van der Waals surface area contributed by atoms with Gasteiger partial charge >= 0.3 is 0 Å². The molecule has 1 heterocycles. The maximum Gasteiger partial charge on any atom is 0.262 e. The van der Waals surface area contributed by atoms with E-state index in [0.29, 0.717) is 11.1 Å². The number of hydroxylamine groups is 1. The van der Waals surface area contributed by atoms with Gasteiger partial charge in [0.1, 0.15) is 6.04 Å². The zero-order valence-corrected chi connectivity index (χ0v) is 18.6. The molecule has 0 radical (unpaired) electrons. The van der Waals surface area contributed by atoms with Gasteiger partial charge in [0, 0.05) is 11.2 Å². The average molecular weight is 484 g/mol. The summed E-state index contributed by atoms with van der Waals surface area (Å²) < 4.78 is 55.1. The first kappa shape index (κ1) is 23.3. The van der Waals surface area contributed by atoms with Crippen LogP contribution in [0.3, 0.4) is 0 Å². The number of thiophene rings is 1. The molecule has 1 unspecified atom stereocenters. The molecule has 31 heavy (non-hydrogen) atoms. The van der Waals surface area contributed by atoms with Crippen LogP contribution in [0.5, 0.6) is 0 Å². The third-order valence-corrected chi connectivity index (χ3v) is 7.90. The molecule has 0 spiro atoms. The van der Waals surface area contributed by atoms with Crippen molar-refractivity contribution in [1.29, 1.82) is 0 Å². The molecule has 9 nitrogen and oxygen atoms in total. The Kier molecular flexibility index (Phi) is 7.41. The average Bonchev–Trinajstić information content (AvgIpc) is 3.18. The fraction of sp³-hybridized carbons (Fsp3) is 0.211. The summed E-state index contributed by atoms with van der Waals surface area (Å²) in [7, 11) is -7.87. The van der Waals surface area contributed by atoms with Crippen LogP contribution in [0.4, 0.5) is 0 Å². The molecule has 0 bridgehead atoms. The summed E-state index contributed by atoms with van der Waals surface area (Å²) in [5.74, 6) is -1.83. The van der Waals surface area contributed by atoms with Gasteiger partial charge in [0.25, 0.3) is 5.91 Å². The molecule has 1 atom stereocenters. The smallest absolute Gasteiger partial charge is 0.262 e. The predicted octanol–water partition coefficient (Wildman–Crippen LogP) is 1.31. The van der Waals surface area contributed by atoms with Gasteiger partial charge in [-0.1, -0.05) is 36.4 Å². The third kappa shape index (κ3) is 6.82. The molecule has 166 valence electrons. The van der Waals surface area contributed by atoms with Gasteiger partial charge in [0.15, 0.2) is 0 Å². The molecule has 1 aromatic heterocycles. The maximum absolute atomic E-state index is 12.6. The van der Waals surface area contributed by atoms with Crippen LogP contribution in [-0.4, -0.2) is 40.5 Å². The Hall–Kier alpha value is -2.35. The molecule has 2 aromatic carbocycles. The van der Waals surface area contributed by atoms with Crippen molar-refractivity contribution in [1.82, 2.24) is 14.9 Å². The molecule has 0 aliphatic rings. The lowest BCUT2D eigenvalue weighted by Gasteiger charge is -2.18. The quantitative estimate of drug-likeness (QED) is 0.253. The topological polar surface area (TPSA) is 142 Å². The van der Waals surface area contributed by atoms with Crippen molar-refractivity contribution in [3.8, 4) is 0 Å². The Morgan fingerprint density at radius 1 is 0.935 bits per heavy atom. The van der Waals surface area contributed by atoms with E-state index in [-0.39, 0.29) is 5.75 Å². The summed E-state index contributed by atoms with van der Waals surface area (Å²) in [6, 6.07) is 13.9. The van der Waals surface area contributed by atoms with E-state index in [9.17, 15) is 21.6 Å². The van der Waals surface area contributed by atoms with Gasteiger partial charge in [-0.2, -0.15) is 0 Å². The Balaban J connectivity index is 1.67. The molecule has 0 aliphatic heterocycles. The minimum atomic E-state index is -4.02. The number of hydrogen-bond acceptors (Lipinski definition) is 7. The van der Waals surface area contributed by atoms with E-state index in [1.165, 1.54) is 16.8 Å². The van der Waals surface area contributed by atoms with Gasteiger partial charge in [-0.3, -0.25) is 10.0 Å². The number of fused-ring (bicyclic) bond motifs is 1. The molecule has 0 aliphatic carbocycles. The molecule has 0 saturated carbocycles. The van der Waals surface area contributed by atoms with E-state index in [0.717, 1.165) is 10.1 Å². The molecule has 12 heteroatoms. The van der Waals surface area contributed by atoms with Crippen molar-refractivity contribution in [2.24, 2.45) is 0 Å². The number of benzene rings is 2. The summed E-state index contributed by atoms with van der Waals surface area (Å²) in [5.41, 5.74) is 2.39. The lowest BCUT2D eigenvalue weighted by atomic mass is 10.2. The van der Waals surface area contributed by atoms with Crippen LogP contribution in [0, 0.1) is 0 Å². The monoisotopic (exact) mass is 483 g/mol. The Morgan fingerprint density at radius 3 is 2.35 bits per heavy atom. The lowest BCUT2D eigenvalue weighted by molar-refractivity contribution is -0.130. The molecular weight excluding hydrogens is 462 g/mol. The summed E-state index contributed by atoms with van der Waals surface area (Å²) in [6.45, 7) is -0.565. The largest absolute Gasteiger partial charge is 0.289 e. The standard InChI is InChI=1S/C19H21N3O6S3/c23-19(21-24)17(11-20-30(25,26)12-14-4-2-1-3-5-14)22-31(27,28)13-15-6-7-18-16(10-15)8-9-29-18/h1-10,17,20,22,24H,11-13H2,(H,21,23). The minimum absolute atomic E-state index is 0.339. The van der Waals surface area contributed by atoms with E-state index in [2.05, 4.69) is 9.44 Å². The van der Waals surface area contributed by atoms with E-state index in [1.807, 2.05) is 11.4 Å². The zero-order valence-electron chi connectivity index (χ0n) is 16.2.